The molecule has 0 amide bonds. The van der Waals surface area contributed by atoms with Crippen molar-refractivity contribution in [1.29, 1.82) is 5.26 Å². The fourth-order valence-electron chi connectivity index (χ4n) is 1.03. The first-order valence-electron chi connectivity index (χ1n) is 3.98. The molecular weight excluding hydrogens is 363 g/mol. The van der Waals surface area contributed by atoms with E-state index in [1.54, 1.807) is 6.07 Å². The molecule has 0 saturated carbocycles. The van der Waals surface area contributed by atoms with Gasteiger partial charge in [-0.2, -0.15) is 5.26 Å². The lowest BCUT2D eigenvalue weighted by molar-refractivity contribution is -0.275. The summed E-state index contributed by atoms with van der Waals surface area (Å²) in [7, 11) is 0.493. The Morgan fingerprint density at radius 1 is 1.39 bits per heavy atom. The molecule has 0 atom stereocenters. The van der Waals surface area contributed by atoms with E-state index in [1.807, 2.05) is 0 Å². The number of benzene rings is 1. The van der Waals surface area contributed by atoms with Crippen LogP contribution in [0.2, 0.25) is 0 Å². The molecule has 98 valence electrons. The van der Waals surface area contributed by atoms with Gasteiger partial charge in [-0.25, -0.2) is 8.42 Å². The maximum absolute atomic E-state index is 12.1. The molecule has 0 radical (unpaired) electrons. The van der Waals surface area contributed by atoms with Crippen molar-refractivity contribution in [2.24, 2.45) is 0 Å². The molecule has 1 rings (SSSR count). The van der Waals surface area contributed by atoms with Crippen LogP contribution in [-0.2, 0) is 9.05 Å². The molecule has 0 bridgehead atoms. The number of alkyl halides is 3. The molecule has 0 saturated heterocycles. The van der Waals surface area contributed by atoms with Crippen LogP contribution >= 0.6 is 26.6 Å². The molecule has 0 spiro atoms. The lowest BCUT2D eigenvalue weighted by Gasteiger charge is -2.13. The predicted octanol–water partition coefficient (Wildman–Crippen LogP) is 3.15. The van der Waals surface area contributed by atoms with Gasteiger partial charge < -0.3 is 4.74 Å². The molecule has 0 aromatic heterocycles. The standard InChI is InChI=1S/C8H2BrClF3NO3S/c9-5-1-4(3-14)2-6(18(10,15)16)7(5)17-8(11,12)13/h1-2H. The van der Waals surface area contributed by atoms with E-state index in [1.165, 1.54) is 0 Å². The van der Waals surface area contributed by atoms with Crippen molar-refractivity contribution in [3.63, 3.8) is 0 Å². The maximum Gasteiger partial charge on any atom is 0.573 e. The van der Waals surface area contributed by atoms with Crippen LogP contribution < -0.4 is 4.74 Å². The minimum absolute atomic E-state index is 0.185. The Labute approximate surface area is 112 Å². The van der Waals surface area contributed by atoms with Crippen molar-refractivity contribution in [2.45, 2.75) is 11.3 Å². The number of nitrogens with zero attached hydrogens (tertiary/aromatic N) is 1. The molecule has 0 aliphatic heterocycles. The largest absolute Gasteiger partial charge is 0.573 e. The van der Waals surface area contributed by atoms with Gasteiger partial charge in [0.25, 0.3) is 9.05 Å². The van der Waals surface area contributed by atoms with Gasteiger partial charge in [-0.15, -0.1) is 13.2 Å². The van der Waals surface area contributed by atoms with Crippen LogP contribution in [0.1, 0.15) is 5.56 Å². The van der Waals surface area contributed by atoms with Crippen molar-refractivity contribution in [3.8, 4) is 11.8 Å². The average Bonchev–Trinajstić information content (AvgIpc) is 2.17. The van der Waals surface area contributed by atoms with Crippen LogP contribution in [0.15, 0.2) is 21.5 Å². The topological polar surface area (TPSA) is 67.2 Å². The first-order chi connectivity index (χ1) is 8.04. The second-order valence-electron chi connectivity index (χ2n) is 2.88. The molecule has 0 N–H and O–H groups in total. The molecule has 0 unspecified atom stereocenters. The Morgan fingerprint density at radius 3 is 2.33 bits per heavy atom. The summed E-state index contributed by atoms with van der Waals surface area (Å²) in [6.07, 6.45) is -5.09. The lowest BCUT2D eigenvalue weighted by Crippen LogP contribution is -2.19. The van der Waals surface area contributed by atoms with E-state index < -0.39 is 26.1 Å². The number of hydrogen-bond acceptors (Lipinski definition) is 4. The predicted molar refractivity (Wildman–Crippen MR) is 58.6 cm³/mol. The average molecular weight is 365 g/mol. The third kappa shape index (κ3) is 3.76. The Kier molecular flexibility index (Phi) is 4.15. The number of nitriles is 1. The smallest absolute Gasteiger partial charge is 0.403 e. The molecule has 0 aliphatic carbocycles. The van der Waals surface area contributed by atoms with Crippen molar-refractivity contribution in [3.05, 3.63) is 22.2 Å². The monoisotopic (exact) mass is 363 g/mol. The van der Waals surface area contributed by atoms with Gasteiger partial charge in [0.15, 0.2) is 5.75 Å². The van der Waals surface area contributed by atoms with Gasteiger partial charge in [0.05, 0.1) is 16.1 Å². The van der Waals surface area contributed by atoms with Gasteiger partial charge in [-0.3, -0.25) is 0 Å². The van der Waals surface area contributed by atoms with Crippen LogP contribution in [0.3, 0.4) is 0 Å². The van der Waals surface area contributed by atoms with Crippen LogP contribution in [0.4, 0.5) is 13.2 Å². The molecule has 4 nitrogen and oxygen atoms in total. The van der Waals surface area contributed by atoms with Crippen LogP contribution in [0.25, 0.3) is 0 Å². The number of ether oxygens (including phenoxy) is 1. The second-order valence-corrected chi connectivity index (χ2v) is 6.27. The molecule has 1 aromatic carbocycles. The molecule has 0 aliphatic rings. The summed E-state index contributed by atoms with van der Waals surface area (Å²) in [4.78, 5) is -0.938. The first kappa shape index (κ1) is 15.1. The van der Waals surface area contributed by atoms with Crippen molar-refractivity contribution < 1.29 is 26.3 Å². The van der Waals surface area contributed by atoms with E-state index in [9.17, 15) is 21.6 Å². The summed E-state index contributed by atoms with van der Waals surface area (Å²) in [5, 5.41) is 8.60. The SMILES string of the molecule is N#Cc1cc(Br)c(OC(F)(F)F)c(S(=O)(=O)Cl)c1. The molecule has 0 fully saturated rings. The van der Waals surface area contributed by atoms with Gasteiger partial charge in [-0.05, 0) is 28.1 Å². The molecular formula is C8H2BrClF3NO3S. The van der Waals surface area contributed by atoms with E-state index >= 15 is 0 Å². The van der Waals surface area contributed by atoms with E-state index in [2.05, 4.69) is 20.7 Å². The van der Waals surface area contributed by atoms with Crippen molar-refractivity contribution >= 4 is 35.7 Å². The van der Waals surface area contributed by atoms with E-state index in [0.29, 0.717) is 6.07 Å². The zero-order chi connectivity index (χ0) is 14.1. The van der Waals surface area contributed by atoms with Gasteiger partial charge in [0.2, 0.25) is 0 Å². The quantitative estimate of drug-likeness (QED) is 0.756. The minimum Gasteiger partial charge on any atom is -0.403 e. The van der Waals surface area contributed by atoms with E-state index in [-0.39, 0.29) is 10.0 Å². The minimum atomic E-state index is -5.09. The molecule has 0 heterocycles. The Balaban J connectivity index is 3.55. The zero-order valence-electron chi connectivity index (χ0n) is 8.12. The third-order valence-electron chi connectivity index (χ3n) is 1.62. The highest BCUT2D eigenvalue weighted by Crippen LogP contribution is 2.38. The summed E-state index contributed by atoms with van der Waals surface area (Å²) in [6, 6.07) is 3.25. The van der Waals surface area contributed by atoms with Gasteiger partial charge in [0, 0.05) is 10.7 Å². The van der Waals surface area contributed by atoms with Gasteiger partial charge >= 0.3 is 6.36 Å². The fourth-order valence-corrected chi connectivity index (χ4v) is 2.69. The normalized spacial score (nSPS) is 12.0. The molecule has 10 heteroatoms. The van der Waals surface area contributed by atoms with Crippen LogP contribution in [0, 0.1) is 11.3 Å². The Hall–Kier alpha value is -0.980. The lowest BCUT2D eigenvalue weighted by atomic mass is 10.2. The number of rotatable bonds is 2. The van der Waals surface area contributed by atoms with Crippen molar-refractivity contribution in [2.75, 3.05) is 0 Å². The van der Waals surface area contributed by atoms with E-state index in [0.717, 1.165) is 6.07 Å². The van der Waals surface area contributed by atoms with Gasteiger partial charge in [0.1, 0.15) is 4.90 Å². The van der Waals surface area contributed by atoms with E-state index in [4.69, 9.17) is 15.9 Å². The number of halogens is 5. The summed E-state index contributed by atoms with van der Waals surface area (Å²) in [5.74, 6) is -1.02. The highest BCUT2D eigenvalue weighted by atomic mass is 79.9. The summed E-state index contributed by atoms with van der Waals surface area (Å²) in [6.45, 7) is 0. The summed E-state index contributed by atoms with van der Waals surface area (Å²) < 4.78 is 61.9. The Morgan fingerprint density at radius 2 is 1.94 bits per heavy atom. The fraction of sp³-hybridized carbons (Fsp3) is 0.125. The van der Waals surface area contributed by atoms with Gasteiger partial charge in [-0.1, -0.05) is 0 Å². The molecule has 18 heavy (non-hydrogen) atoms. The second kappa shape index (κ2) is 4.95. The highest BCUT2D eigenvalue weighted by molar-refractivity contribution is 9.10. The highest BCUT2D eigenvalue weighted by Gasteiger charge is 2.35. The summed E-state index contributed by atoms with van der Waals surface area (Å²) >= 11 is 2.68. The third-order valence-corrected chi connectivity index (χ3v) is 3.54. The van der Waals surface area contributed by atoms with Crippen molar-refractivity contribution in [1.82, 2.24) is 0 Å². The van der Waals surface area contributed by atoms with Crippen LogP contribution in [0.5, 0.6) is 5.75 Å². The molecule has 1 aromatic rings. The zero-order valence-corrected chi connectivity index (χ0v) is 11.3. The maximum atomic E-state index is 12.1. The summed E-state index contributed by atoms with van der Waals surface area (Å²) in [5.41, 5.74) is -0.185. The first-order valence-corrected chi connectivity index (χ1v) is 7.09. The number of hydrogen-bond donors (Lipinski definition) is 0. The Bertz CT molecular complexity index is 624. The van der Waals surface area contributed by atoms with Crippen LogP contribution in [-0.4, -0.2) is 14.8 Å².